The van der Waals surface area contributed by atoms with Crippen molar-refractivity contribution in [3.63, 3.8) is 0 Å². The van der Waals surface area contributed by atoms with E-state index in [0.717, 1.165) is 20.3 Å². The summed E-state index contributed by atoms with van der Waals surface area (Å²) >= 11 is 0. The molecule has 148 valence electrons. The van der Waals surface area contributed by atoms with E-state index in [4.69, 9.17) is 0 Å². The predicted octanol–water partition coefficient (Wildman–Crippen LogP) is 2.28. The highest BCUT2D eigenvalue weighted by Gasteiger charge is 2.22. The monoisotopic (exact) mass is 408 g/mol. The highest BCUT2D eigenvalue weighted by molar-refractivity contribution is 7.92. The number of benzene rings is 2. The first-order chi connectivity index (χ1) is 13.1. The van der Waals surface area contributed by atoms with Crippen LogP contribution in [0.3, 0.4) is 0 Å². The summed E-state index contributed by atoms with van der Waals surface area (Å²) in [7, 11) is -1.99. The second-order valence-electron chi connectivity index (χ2n) is 5.59. The molecule has 0 radical (unpaired) electrons. The number of nitrogens with zero attached hydrogens (tertiary/aromatic N) is 1. The van der Waals surface area contributed by atoms with Crippen molar-refractivity contribution in [3.05, 3.63) is 63.2 Å². The molecule has 2 aromatic carbocycles. The van der Waals surface area contributed by atoms with E-state index in [1.807, 2.05) is 0 Å². The Kier molecular flexibility index (Phi) is 5.99. The number of hydrogen-bond donors (Lipinski definition) is 1. The molecular formula is C17H16N2O8S. The summed E-state index contributed by atoms with van der Waals surface area (Å²) < 4.78 is 36.6. The summed E-state index contributed by atoms with van der Waals surface area (Å²) in [6.07, 6.45) is 0. The van der Waals surface area contributed by atoms with Crippen LogP contribution in [0.4, 0.5) is 11.4 Å². The minimum Gasteiger partial charge on any atom is -0.465 e. The van der Waals surface area contributed by atoms with Crippen LogP contribution in [0.25, 0.3) is 0 Å². The Labute approximate surface area is 160 Å². The zero-order chi connectivity index (χ0) is 21.1. The van der Waals surface area contributed by atoms with Crippen LogP contribution in [0.15, 0.2) is 41.3 Å². The largest absolute Gasteiger partial charge is 0.465 e. The van der Waals surface area contributed by atoms with Gasteiger partial charge in [-0.3, -0.25) is 14.8 Å². The van der Waals surface area contributed by atoms with Gasteiger partial charge in [-0.15, -0.1) is 0 Å². The van der Waals surface area contributed by atoms with Crippen molar-refractivity contribution in [2.45, 2.75) is 11.8 Å². The number of methoxy groups -OCH3 is 2. The molecule has 28 heavy (non-hydrogen) atoms. The number of nitrogens with one attached hydrogen (secondary N) is 1. The standard InChI is InChI=1S/C17H16N2O8S/c1-10-4-5-14(9-15(10)19(22)23)28(24,25)18-13-7-11(16(20)26-2)6-12(8-13)17(21)27-3/h4-9,18H,1-3H3. The van der Waals surface area contributed by atoms with Crippen LogP contribution in [-0.4, -0.2) is 39.5 Å². The second-order valence-corrected chi connectivity index (χ2v) is 7.28. The third-order valence-corrected chi connectivity index (χ3v) is 5.09. The number of carbonyl (C=O) groups excluding carboxylic acids is 2. The Morgan fingerprint density at radius 2 is 1.54 bits per heavy atom. The molecule has 0 spiro atoms. The van der Waals surface area contributed by atoms with Crippen molar-refractivity contribution in [3.8, 4) is 0 Å². The fourth-order valence-electron chi connectivity index (χ4n) is 2.33. The minimum absolute atomic E-state index is 0.0852. The third kappa shape index (κ3) is 4.43. The number of hydrogen-bond acceptors (Lipinski definition) is 8. The fourth-order valence-corrected chi connectivity index (χ4v) is 3.39. The number of carbonyl (C=O) groups is 2. The van der Waals surface area contributed by atoms with E-state index in [9.17, 15) is 28.1 Å². The van der Waals surface area contributed by atoms with Crippen molar-refractivity contribution >= 4 is 33.3 Å². The van der Waals surface area contributed by atoms with E-state index in [-0.39, 0.29) is 27.4 Å². The lowest BCUT2D eigenvalue weighted by Crippen LogP contribution is -2.15. The van der Waals surface area contributed by atoms with Gasteiger partial charge < -0.3 is 9.47 Å². The molecule has 0 aromatic heterocycles. The van der Waals surface area contributed by atoms with Gasteiger partial charge in [-0.25, -0.2) is 18.0 Å². The molecule has 0 bridgehead atoms. The summed E-state index contributed by atoms with van der Waals surface area (Å²) in [5.74, 6) is -1.59. The van der Waals surface area contributed by atoms with Crippen LogP contribution >= 0.6 is 0 Å². The van der Waals surface area contributed by atoms with Gasteiger partial charge in [-0.1, -0.05) is 6.07 Å². The number of anilines is 1. The van der Waals surface area contributed by atoms with Crippen molar-refractivity contribution in [2.75, 3.05) is 18.9 Å². The number of nitro groups is 1. The van der Waals surface area contributed by atoms with E-state index >= 15 is 0 Å². The fraction of sp³-hybridized carbons (Fsp3) is 0.176. The number of rotatable bonds is 6. The maximum absolute atomic E-state index is 12.6. The Bertz CT molecular complexity index is 1030. The van der Waals surface area contributed by atoms with Gasteiger partial charge in [0.05, 0.1) is 40.9 Å². The van der Waals surface area contributed by atoms with Gasteiger partial charge in [0.25, 0.3) is 15.7 Å². The number of sulfonamides is 1. The van der Waals surface area contributed by atoms with Crippen LogP contribution in [0.1, 0.15) is 26.3 Å². The summed E-state index contributed by atoms with van der Waals surface area (Å²) in [5.41, 5.74) is -0.353. The number of aryl methyl sites for hydroxylation is 1. The van der Waals surface area contributed by atoms with Gasteiger partial charge in [0.2, 0.25) is 0 Å². The lowest BCUT2D eigenvalue weighted by Gasteiger charge is -2.11. The smallest absolute Gasteiger partial charge is 0.337 e. The molecule has 0 aliphatic heterocycles. The Hall–Kier alpha value is -3.47. The zero-order valence-electron chi connectivity index (χ0n) is 15.1. The van der Waals surface area contributed by atoms with Gasteiger partial charge >= 0.3 is 11.9 Å². The first kappa shape index (κ1) is 20.8. The molecule has 0 saturated carbocycles. The summed E-state index contributed by atoms with van der Waals surface area (Å²) in [6, 6.07) is 6.94. The minimum atomic E-state index is -4.24. The van der Waals surface area contributed by atoms with Crippen LogP contribution < -0.4 is 4.72 Å². The molecule has 2 aromatic rings. The molecule has 0 saturated heterocycles. The Balaban J connectivity index is 2.51. The molecule has 0 unspecified atom stereocenters. The van der Waals surface area contributed by atoms with E-state index in [0.29, 0.717) is 5.56 Å². The van der Waals surface area contributed by atoms with Gasteiger partial charge in [0.1, 0.15) is 0 Å². The molecule has 0 amide bonds. The summed E-state index contributed by atoms with van der Waals surface area (Å²) in [6.45, 7) is 1.48. The summed E-state index contributed by atoms with van der Waals surface area (Å²) in [4.78, 5) is 33.6. The molecule has 2 rings (SSSR count). The van der Waals surface area contributed by atoms with Gasteiger partial charge in [0, 0.05) is 11.6 Å². The Morgan fingerprint density at radius 1 is 1.00 bits per heavy atom. The highest BCUT2D eigenvalue weighted by atomic mass is 32.2. The molecule has 0 heterocycles. The van der Waals surface area contributed by atoms with Crippen LogP contribution in [0.5, 0.6) is 0 Å². The maximum atomic E-state index is 12.6. The molecule has 10 nitrogen and oxygen atoms in total. The SMILES string of the molecule is COC(=O)c1cc(NS(=O)(=O)c2ccc(C)c([N+](=O)[O-])c2)cc(C(=O)OC)c1. The molecule has 0 atom stereocenters. The van der Waals surface area contributed by atoms with Gasteiger partial charge in [0.15, 0.2) is 0 Å². The summed E-state index contributed by atoms with van der Waals surface area (Å²) in [5, 5.41) is 11.1. The van der Waals surface area contributed by atoms with Gasteiger partial charge in [-0.05, 0) is 31.2 Å². The number of nitro benzene ring substituents is 1. The zero-order valence-corrected chi connectivity index (χ0v) is 15.9. The quantitative estimate of drug-likeness (QED) is 0.436. The first-order valence-electron chi connectivity index (χ1n) is 7.68. The average molecular weight is 408 g/mol. The lowest BCUT2D eigenvalue weighted by atomic mass is 10.1. The first-order valence-corrected chi connectivity index (χ1v) is 9.17. The normalized spacial score (nSPS) is 10.8. The molecule has 0 fully saturated rings. The molecule has 11 heteroatoms. The maximum Gasteiger partial charge on any atom is 0.337 e. The van der Waals surface area contributed by atoms with Crippen molar-refractivity contribution in [2.24, 2.45) is 0 Å². The number of ether oxygens (including phenoxy) is 2. The highest BCUT2D eigenvalue weighted by Crippen LogP contribution is 2.25. The van der Waals surface area contributed by atoms with Gasteiger partial charge in [-0.2, -0.15) is 0 Å². The van der Waals surface area contributed by atoms with Crippen LogP contribution in [0.2, 0.25) is 0 Å². The molecule has 0 aliphatic rings. The molecular weight excluding hydrogens is 392 g/mol. The van der Waals surface area contributed by atoms with E-state index < -0.39 is 26.9 Å². The van der Waals surface area contributed by atoms with Crippen molar-refractivity contribution < 1.29 is 32.4 Å². The van der Waals surface area contributed by atoms with Crippen molar-refractivity contribution in [1.29, 1.82) is 0 Å². The average Bonchev–Trinajstić information content (AvgIpc) is 2.65. The topological polar surface area (TPSA) is 142 Å². The second kappa shape index (κ2) is 8.05. The molecule has 1 N–H and O–H groups in total. The lowest BCUT2D eigenvalue weighted by molar-refractivity contribution is -0.385. The van der Waals surface area contributed by atoms with E-state index in [2.05, 4.69) is 14.2 Å². The Morgan fingerprint density at radius 3 is 2.00 bits per heavy atom. The third-order valence-electron chi connectivity index (χ3n) is 3.72. The molecule has 0 aliphatic carbocycles. The van der Waals surface area contributed by atoms with Crippen molar-refractivity contribution in [1.82, 2.24) is 0 Å². The predicted molar refractivity (Wildman–Crippen MR) is 97.8 cm³/mol. The van der Waals surface area contributed by atoms with Crippen LogP contribution in [-0.2, 0) is 19.5 Å². The van der Waals surface area contributed by atoms with E-state index in [1.54, 1.807) is 0 Å². The van der Waals surface area contributed by atoms with Crippen LogP contribution in [0, 0.1) is 17.0 Å². The number of esters is 2. The van der Waals surface area contributed by atoms with E-state index in [1.165, 1.54) is 37.3 Å².